The van der Waals surface area contributed by atoms with Crippen LogP contribution < -0.4 is 10.2 Å². The second kappa shape index (κ2) is 7.05. The van der Waals surface area contributed by atoms with Crippen molar-refractivity contribution in [2.24, 2.45) is 13.0 Å². The molecule has 0 saturated carbocycles. The fourth-order valence-electron chi connectivity index (χ4n) is 3.36. The second-order valence-corrected chi connectivity index (χ2v) is 7.40. The molecular weight excluding hydrogens is 352 g/mol. The van der Waals surface area contributed by atoms with Crippen molar-refractivity contribution in [2.75, 3.05) is 24.5 Å². The van der Waals surface area contributed by atoms with Crippen LogP contribution in [-0.4, -0.2) is 29.4 Å². The van der Waals surface area contributed by atoms with Gasteiger partial charge < -0.3 is 10.2 Å². The highest BCUT2D eigenvalue weighted by Gasteiger charge is 2.22. The number of nitrogens with zero attached hydrogens (tertiary/aromatic N) is 3. The summed E-state index contributed by atoms with van der Waals surface area (Å²) < 4.78 is 3.11. The molecule has 0 amide bonds. The summed E-state index contributed by atoms with van der Waals surface area (Å²) >= 11 is 3.50. The first kappa shape index (κ1) is 16.5. The van der Waals surface area contributed by atoms with Gasteiger partial charge in [-0.15, -0.1) is 0 Å². The van der Waals surface area contributed by atoms with E-state index in [0.29, 0.717) is 0 Å². The van der Waals surface area contributed by atoms with Crippen molar-refractivity contribution in [3.63, 3.8) is 0 Å². The van der Waals surface area contributed by atoms with Crippen LogP contribution in [0.3, 0.4) is 0 Å². The number of halogens is 1. The van der Waals surface area contributed by atoms with Crippen molar-refractivity contribution in [1.29, 1.82) is 0 Å². The van der Waals surface area contributed by atoms with Gasteiger partial charge in [0.05, 0.1) is 5.69 Å². The molecule has 3 rings (SSSR count). The zero-order valence-corrected chi connectivity index (χ0v) is 15.7. The smallest absolute Gasteiger partial charge is 0.0641 e. The Hall–Kier alpha value is -1.33. The second-order valence-electron chi connectivity index (χ2n) is 6.48. The highest BCUT2D eigenvalue weighted by atomic mass is 79.9. The van der Waals surface area contributed by atoms with E-state index in [1.165, 1.54) is 23.4 Å². The highest BCUT2D eigenvalue weighted by molar-refractivity contribution is 9.10. The molecule has 4 nitrogen and oxygen atoms in total. The van der Waals surface area contributed by atoms with E-state index in [1.807, 2.05) is 11.7 Å². The fraction of sp³-hybridized carbons (Fsp3) is 0.500. The van der Waals surface area contributed by atoms with Crippen LogP contribution in [0.15, 0.2) is 28.7 Å². The molecule has 1 aliphatic heterocycles. The first-order valence-electron chi connectivity index (χ1n) is 8.25. The Balaban J connectivity index is 1.49. The third-order valence-electron chi connectivity index (χ3n) is 4.87. The molecular formula is C18H25BrN4. The summed E-state index contributed by atoms with van der Waals surface area (Å²) in [6, 6.07) is 8.63. The summed E-state index contributed by atoms with van der Waals surface area (Å²) in [7, 11) is 2.01. The maximum Gasteiger partial charge on any atom is 0.0641 e. The van der Waals surface area contributed by atoms with Crippen LogP contribution in [0.5, 0.6) is 0 Å². The van der Waals surface area contributed by atoms with E-state index in [0.717, 1.165) is 42.3 Å². The Morgan fingerprint density at radius 1 is 1.26 bits per heavy atom. The lowest BCUT2D eigenvalue weighted by Gasteiger charge is -2.19. The summed E-state index contributed by atoms with van der Waals surface area (Å²) in [5.41, 5.74) is 5.07. The van der Waals surface area contributed by atoms with Crippen molar-refractivity contribution in [1.82, 2.24) is 15.1 Å². The minimum Gasteiger partial charge on any atom is -0.371 e. The molecule has 1 fully saturated rings. The van der Waals surface area contributed by atoms with E-state index in [1.54, 1.807) is 0 Å². The van der Waals surface area contributed by atoms with Crippen molar-refractivity contribution >= 4 is 21.6 Å². The fourth-order valence-corrected chi connectivity index (χ4v) is 3.62. The van der Waals surface area contributed by atoms with Crippen LogP contribution in [0.1, 0.15) is 23.4 Å². The minimum atomic E-state index is 0.718. The van der Waals surface area contributed by atoms with Gasteiger partial charge in [-0.05, 0) is 50.5 Å². The molecule has 1 atom stereocenters. The molecule has 1 unspecified atom stereocenters. The summed E-state index contributed by atoms with van der Waals surface area (Å²) in [5, 5.41) is 8.12. The molecule has 2 aromatic rings. The lowest BCUT2D eigenvalue weighted by molar-refractivity contribution is 0.515. The van der Waals surface area contributed by atoms with E-state index >= 15 is 0 Å². The number of hydrogen-bond acceptors (Lipinski definition) is 3. The van der Waals surface area contributed by atoms with Crippen LogP contribution in [0.2, 0.25) is 0 Å². The quantitative estimate of drug-likeness (QED) is 0.867. The summed E-state index contributed by atoms with van der Waals surface area (Å²) in [4.78, 5) is 2.49. The lowest BCUT2D eigenvalue weighted by atomic mass is 10.1. The largest absolute Gasteiger partial charge is 0.371 e. The molecule has 124 valence electrons. The summed E-state index contributed by atoms with van der Waals surface area (Å²) in [6.07, 6.45) is 1.26. The Kier molecular flexibility index (Phi) is 5.07. The Morgan fingerprint density at radius 3 is 2.65 bits per heavy atom. The zero-order valence-electron chi connectivity index (χ0n) is 14.1. The monoisotopic (exact) mass is 376 g/mol. The molecule has 23 heavy (non-hydrogen) atoms. The molecule has 1 aliphatic rings. The van der Waals surface area contributed by atoms with Gasteiger partial charge in [0.25, 0.3) is 0 Å². The van der Waals surface area contributed by atoms with Crippen molar-refractivity contribution < 1.29 is 0 Å². The SMILES string of the molecule is Cc1nn(C)c(C)c1CNCC1CCN(c2ccc(Br)cc2)C1. The third-order valence-corrected chi connectivity index (χ3v) is 5.40. The third kappa shape index (κ3) is 3.78. The van der Waals surface area contributed by atoms with E-state index in [4.69, 9.17) is 0 Å². The molecule has 5 heteroatoms. The van der Waals surface area contributed by atoms with Crippen LogP contribution in [-0.2, 0) is 13.6 Å². The van der Waals surface area contributed by atoms with E-state index in [9.17, 15) is 0 Å². The normalized spacial score (nSPS) is 17.9. The van der Waals surface area contributed by atoms with Gasteiger partial charge in [0.15, 0.2) is 0 Å². The Morgan fingerprint density at radius 2 is 2.00 bits per heavy atom. The molecule has 0 bridgehead atoms. The van der Waals surface area contributed by atoms with Crippen molar-refractivity contribution in [2.45, 2.75) is 26.8 Å². The number of benzene rings is 1. The van der Waals surface area contributed by atoms with Gasteiger partial charge in [0.2, 0.25) is 0 Å². The lowest BCUT2D eigenvalue weighted by Crippen LogP contribution is -2.26. The number of aryl methyl sites for hydroxylation is 2. The summed E-state index contributed by atoms with van der Waals surface area (Å²) in [6.45, 7) is 8.51. The average Bonchev–Trinajstić information content (AvgIpc) is 3.08. The van der Waals surface area contributed by atoms with Crippen molar-refractivity contribution in [3.8, 4) is 0 Å². The van der Waals surface area contributed by atoms with Gasteiger partial charge in [-0.1, -0.05) is 15.9 Å². The number of aromatic nitrogens is 2. The molecule has 1 N–H and O–H groups in total. The van der Waals surface area contributed by atoms with Gasteiger partial charge in [-0.25, -0.2) is 0 Å². The van der Waals surface area contributed by atoms with Gasteiger partial charge in [0.1, 0.15) is 0 Å². The van der Waals surface area contributed by atoms with E-state index < -0.39 is 0 Å². The van der Waals surface area contributed by atoms with Crippen LogP contribution in [0.4, 0.5) is 5.69 Å². The highest BCUT2D eigenvalue weighted by Crippen LogP contribution is 2.25. The van der Waals surface area contributed by atoms with Crippen LogP contribution in [0.25, 0.3) is 0 Å². The van der Waals surface area contributed by atoms with Crippen molar-refractivity contribution in [3.05, 3.63) is 45.7 Å². The molecule has 2 heterocycles. The number of rotatable bonds is 5. The molecule has 0 radical (unpaired) electrons. The number of hydrogen-bond donors (Lipinski definition) is 1. The molecule has 0 aliphatic carbocycles. The van der Waals surface area contributed by atoms with E-state index in [2.05, 4.69) is 69.4 Å². The molecule has 1 saturated heterocycles. The standard InChI is InChI=1S/C18H25BrN4/c1-13-18(14(2)22(3)21-13)11-20-10-15-8-9-23(12-15)17-6-4-16(19)5-7-17/h4-7,15,20H,8-12H2,1-3H3. The topological polar surface area (TPSA) is 33.1 Å². The van der Waals surface area contributed by atoms with Gasteiger partial charge in [-0.3, -0.25) is 4.68 Å². The Labute approximate surface area is 147 Å². The molecule has 1 aromatic heterocycles. The minimum absolute atomic E-state index is 0.718. The van der Waals surface area contributed by atoms with Crippen LogP contribution in [0, 0.1) is 19.8 Å². The van der Waals surface area contributed by atoms with Crippen LogP contribution >= 0.6 is 15.9 Å². The Bertz CT molecular complexity index is 662. The van der Waals surface area contributed by atoms with Gasteiger partial charge >= 0.3 is 0 Å². The van der Waals surface area contributed by atoms with Gasteiger partial charge in [-0.2, -0.15) is 5.10 Å². The predicted octanol–water partition coefficient (Wildman–Crippen LogP) is 3.42. The summed E-state index contributed by atoms with van der Waals surface area (Å²) in [5.74, 6) is 0.718. The van der Waals surface area contributed by atoms with Gasteiger partial charge in [0, 0.05) is 54.6 Å². The number of nitrogens with one attached hydrogen (secondary N) is 1. The molecule has 0 spiro atoms. The van der Waals surface area contributed by atoms with E-state index in [-0.39, 0.29) is 0 Å². The maximum atomic E-state index is 4.48. The molecule has 1 aromatic carbocycles. The first-order valence-corrected chi connectivity index (χ1v) is 9.04. The number of anilines is 1. The zero-order chi connectivity index (χ0) is 16.4. The predicted molar refractivity (Wildman–Crippen MR) is 98.9 cm³/mol. The first-order chi connectivity index (χ1) is 11.0. The maximum absolute atomic E-state index is 4.48. The average molecular weight is 377 g/mol.